The number of thiocarbonyl (C=S) groups is 1. The molecule has 1 atom stereocenters. The summed E-state index contributed by atoms with van der Waals surface area (Å²) < 4.78 is 5.22. The SMILES string of the molecule is CC(C)CCOC(=O)CC1C(=O)NCCN1C(=S)NC(=O)CCc1ccccc1. The minimum Gasteiger partial charge on any atom is -0.466 e. The molecule has 7 nitrogen and oxygen atoms in total. The molecule has 2 N–H and O–H groups in total. The fraction of sp³-hybridized carbons (Fsp3) is 0.524. The summed E-state index contributed by atoms with van der Waals surface area (Å²) in [5.41, 5.74) is 1.06. The molecule has 0 spiro atoms. The number of aryl methyl sites for hydroxylation is 1. The largest absolute Gasteiger partial charge is 0.466 e. The van der Waals surface area contributed by atoms with Gasteiger partial charge in [0, 0.05) is 19.5 Å². The van der Waals surface area contributed by atoms with E-state index in [9.17, 15) is 14.4 Å². The molecule has 0 bridgehead atoms. The van der Waals surface area contributed by atoms with Crippen LogP contribution in [0.5, 0.6) is 0 Å². The Morgan fingerprint density at radius 3 is 2.72 bits per heavy atom. The smallest absolute Gasteiger partial charge is 0.308 e. The minimum absolute atomic E-state index is 0.107. The average molecular weight is 420 g/mol. The number of ether oxygens (including phenoxy) is 1. The number of rotatable bonds is 8. The summed E-state index contributed by atoms with van der Waals surface area (Å²) in [7, 11) is 0. The Labute approximate surface area is 177 Å². The zero-order chi connectivity index (χ0) is 21.2. The van der Waals surface area contributed by atoms with Crippen molar-refractivity contribution in [3.8, 4) is 0 Å². The van der Waals surface area contributed by atoms with Crippen LogP contribution >= 0.6 is 12.2 Å². The minimum atomic E-state index is -0.780. The van der Waals surface area contributed by atoms with Crippen LogP contribution in [0.15, 0.2) is 30.3 Å². The highest BCUT2D eigenvalue weighted by Gasteiger charge is 2.34. The zero-order valence-electron chi connectivity index (χ0n) is 17.0. The van der Waals surface area contributed by atoms with Crippen LogP contribution in [0.2, 0.25) is 0 Å². The van der Waals surface area contributed by atoms with Gasteiger partial charge in [-0.05, 0) is 36.5 Å². The summed E-state index contributed by atoms with van der Waals surface area (Å²) in [6, 6.07) is 8.92. The van der Waals surface area contributed by atoms with Crippen molar-refractivity contribution in [2.45, 2.75) is 45.6 Å². The van der Waals surface area contributed by atoms with Crippen LogP contribution in [0, 0.1) is 5.92 Å². The van der Waals surface area contributed by atoms with Gasteiger partial charge < -0.3 is 20.3 Å². The number of hydrogen-bond donors (Lipinski definition) is 2. The lowest BCUT2D eigenvalue weighted by atomic mass is 10.1. The molecule has 0 radical (unpaired) electrons. The van der Waals surface area contributed by atoms with E-state index in [-0.39, 0.29) is 29.8 Å². The normalized spacial score (nSPS) is 16.3. The number of benzene rings is 1. The molecule has 1 aliphatic heterocycles. The van der Waals surface area contributed by atoms with Gasteiger partial charge in [0.25, 0.3) is 0 Å². The van der Waals surface area contributed by atoms with Gasteiger partial charge in [-0.25, -0.2) is 0 Å². The Kier molecular flexibility index (Phi) is 9.05. The molecule has 0 aromatic heterocycles. The van der Waals surface area contributed by atoms with E-state index in [0.29, 0.717) is 32.0 Å². The summed E-state index contributed by atoms with van der Waals surface area (Å²) in [6.45, 7) is 5.24. The molecule has 1 unspecified atom stereocenters. The third-order valence-electron chi connectivity index (χ3n) is 4.64. The molecule has 1 fully saturated rings. The van der Waals surface area contributed by atoms with Crippen molar-refractivity contribution >= 4 is 35.1 Å². The first kappa shape index (κ1) is 22.8. The summed E-state index contributed by atoms with van der Waals surface area (Å²) in [6.07, 6.45) is 1.54. The molecule has 158 valence electrons. The molecule has 2 rings (SSSR count). The molecule has 1 aliphatic rings. The highest BCUT2D eigenvalue weighted by atomic mass is 32.1. The Morgan fingerprint density at radius 1 is 1.31 bits per heavy atom. The first-order valence-corrected chi connectivity index (χ1v) is 10.4. The van der Waals surface area contributed by atoms with E-state index in [1.165, 1.54) is 0 Å². The van der Waals surface area contributed by atoms with Crippen LogP contribution in [0.3, 0.4) is 0 Å². The molecule has 1 heterocycles. The number of piperazine rings is 1. The van der Waals surface area contributed by atoms with Crippen LogP contribution in [0.1, 0.15) is 38.7 Å². The summed E-state index contributed by atoms with van der Waals surface area (Å²) in [5.74, 6) is -0.534. The molecule has 0 saturated carbocycles. The van der Waals surface area contributed by atoms with Crippen LogP contribution in [0.25, 0.3) is 0 Å². The van der Waals surface area contributed by atoms with Gasteiger partial charge >= 0.3 is 5.97 Å². The van der Waals surface area contributed by atoms with Gasteiger partial charge in [0.2, 0.25) is 11.8 Å². The topological polar surface area (TPSA) is 87.7 Å². The van der Waals surface area contributed by atoms with Crippen molar-refractivity contribution in [3.63, 3.8) is 0 Å². The molecule has 1 aromatic carbocycles. The first-order chi connectivity index (χ1) is 13.9. The van der Waals surface area contributed by atoms with Gasteiger partial charge in [-0.3, -0.25) is 14.4 Å². The van der Waals surface area contributed by atoms with E-state index in [2.05, 4.69) is 10.6 Å². The average Bonchev–Trinajstić information content (AvgIpc) is 2.68. The third kappa shape index (κ3) is 7.81. The van der Waals surface area contributed by atoms with Crippen molar-refractivity contribution in [2.24, 2.45) is 5.92 Å². The first-order valence-electron chi connectivity index (χ1n) is 9.94. The predicted octanol–water partition coefficient (Wildman–Crippen LogP) is 1.80. The maximum atomic E-state index is 12.3. The molecular weight excluding hydrogens is 390 g/mol. The summed E-state index contributed by atoms with van der Waals surface area (Å²) in [4.78, 5) is 38.3. The van der Waals surface area contributed by atoms with Crippen LogP contribution < -0.4 is 10.6 Å². The lowest BCUT2D eigenvalue weighted by Crippen LogP contribution is -2.60. The third-order valence-corrected chi connectivity index (χ3v) is 4.98. The molecule has 8 heteroatoms. The van der Waals surface area contributed by atoms with Crippen molar-refractivity contribution in [3.05, 3.63) is 35.9 Å². The van der Waals surface area contributed by atoms with Gasteiger partial charge in [-0.15, -0.1) is 0 Å². The second-order valence-corrected chi connectivity index (χ2v) is 7.83. The zero-order valence-corrected chi connectivity index (χ0v) is 17.8. The molecule has 1 saturated heterocycles. The molecule has 2 amide bonds. The van der Waals surface area contributed by atoms with Crippen molar-refractivity contribution in [2.75, 3.05) is 19.7 Å². The molecular formula is C21H29N3O4S. The van der Waals surface area contributed by atoms with Crippen LogP contribution in [-0.4, -0.2) is 53.5 Å². The monoisotopic (exact) mass is 419 g/mol. The lowest BCUT2D eigenvalue weighted by molar-refractivity contribution is -0.147. The number of amides is 2. The number of esters is 1. The Morgan fingerprint density at radius 2 is 2.03 bits per heavy atom. The van der Waals surface area contributed by atoms with E-state index in [1.54, 1.807) is 4.90 Å². The van der Waals surface area contributed by atoms with E-state index >= 15 is 0 Å². The number of nitrogens with one attached hydrogen (secondary N) is 2. The van der Waals surface area contributed by atoms with Crippen LogP contribution in [0.4, 0.5) is 0 Å². The van der Waals surface area contributed by atoms with Gasteiger partial charge in [0.1, 0.15) is 6.04 Å². The van der Waals surface area contributed by atoms with E-state index in [0.717, 1.165) is 12.0 Å². The fourth-order valence-corrected chi connectivity index (χ4v) is 3.27. The summed E-state index contributed by atoms with van der Waals surface area (Å²) >= 11 is 5.35. The van der Waals surface area contributed by atoms with Crippen molar-refractivity contribution in [1.29, 1.82) is 0 Å². The van der Waals surface area contributed by atoms with Gasteiger partial charge in [0.05, 0.1) is 13.0 Å². The van der Waals surface area contributed by atoms with Crippen molar-refractivity contribution in [1.82, 2.24) is 15.5 Å². The van der Waals surface area contributed by atoms with Crippen LogP contribution in [-0.2, 0) is 25.5 Å². The Balaban J connectivity index is 1.87. The quantitative estimate of drug-likeness (QED) is 0.494. The van der Waals surface area contributed by atoms with E-state index < -0.39 is 12.0 Å². The number of carbonyl (C=O) groups is 3. The Hall–Kier alpha value is -2.48. The second-order valence-electron chi connectivity index (χ2n) is 7.45. The van der Waals surface area contributed by atoms with E-state index in [4.69, 9.17) is 17.0 Å². The van der Waals surface area contributed by atoms with Crippen molar-refractivity contribution < 1.29 is 19.1 Å². The highest BCUT2D eigenvalue weighted by molar-refractivity contribution is 7.80. The number of hydrogen-bond acceptors (Lipinski definition) is 5. The molecule has 1 aromatic rings. The number of carbonyl (C=O) groups excluding carboxylic acids is 3. The van der Waals surface area contributed by atoms with Gasteiger partial charge in [-0.1, -0.05) is 44.2 Å². The standard InChI is InChI=1S/C21H29N3O4S/c1-15(2)10-13-28-19(26)14-17-20(27)22-11-12-24(17)21(29)23-18(25)9-8-16-6-4-3-5-7-16/h3-7,15,17H,8-14H2,1-2H3,(H,22,27)(H,23,25,29). The highest BCUT2D eigenvalue weighted by Crippen LogP contribution is 2.12. The predicted molar refractivity (Wildman–Crippen MR) is 114 cm³/mol. The second kappa shape index (κ2) is 11.5. The van der Waals surface area contributed by atoms with Gasteiger partial charge in [0.15, 0.2) is 5.11 Å². The maximum absolute atomic E-state index is 12.3. The summed E-state index contributed by atoms with van der Waals surface area (Å²) in [5, 5.41) is 5.59. The molecule has 29 heavy (non-hydrogen) atoms. The number of nitrogens with zero attached hydrogens (tertiary/aromatic N) is 1. The Bertz CT molecular complexity index is 724. The van der Waals surface area contributed by atoms with E-state index in [1.807, 2.05) is 44.2 Å². The van der Waals surface area contributed by atoms with Gasteiger partial charge in [-0.2, -0.15) is 0 Å². The fourth-order valence-electron chi connectivity index (χ4n) is 2.94. The maximum Gasteiger partial charge on any atom is 0.308 e. The molecule has 0 aliphatic carbocycles. The lowest BCUT2D eigenvalue weighted by Gasteiger charge is -2.36.